The number of hydrogen-bond acceptors (Lipinski definition) is 4. The second-order valence-electron chi connectivity index (χ2n) is 7.08. The van der Waals surface area contributed by atoms with Gasteiger partial charge in [0.2, 0.25) is 0 Å². The summed E-state index contributed by atoms with van der Waals surface area (Å²) in [6.07, 6.45) is 5.49. The molecule has 3 aromatic rings. The van der Waals surface area contributed by atoms with Crippen molar-refractivity contribution in [1.82, 2.24) is 24.8 Å². The number of carbonyl (C=O) groups excluding carboxylic acids is 1. The number of rotatable bonds is 5. The van der Waals surface area contributed by atoms with E-state index in [1.807, 2.05) is 43.3 Å². The predicted octanol–water partition coefficient (Wildman–Crippen LogP) is 2.92. The fourth-order valence-corrected chi connectivity index (χ4v) is 3.63. The molecule has 0 atom stereocenters. The highest BCUT2D eigenvalue weighted by atomic mass is 16.1. The largest absolute Gasteiger partial charge is 0.351 e. The van der Waals surface area contributed by atoms with Crippen molar-refractivity contribution < 1.29 is 4.79 Å². The Morgan fingerprint density at radius 3 is 2.70 bits per heavy atom. The van der Waals surface area contributed by atoms with Crippen molar-refractivity contribution in [2.45, 2.75) is 26.2 Å². The third-order valence-electron chi connectivity index (χ3n) is 5.20. The number of benzene rings is 1. The normalized spacial score (nSPS) is 15.1. The van der Waals surface area contributed by atoms with Gasteiger partial charge in [0.05, 0.1) is 17.0 Å². The van der Waals surface area contributed by atoms with Crippen LogP contribution in [0, 0.1) is 6.92 Å². The third kappa shape index (κ3) is 3.85. The minimum absolute atomic E-state index is 0.0873. The van der Waals surface area contributed by atoms with Gasteiger partial charge in [-0.1, -0.05) is 36.8 Å². The van der Waals surface area contributed by atoms with E-state index in [1.165, 1.54) is 19.3 Å². The van der Waals surface area contributed by atoms with Gasteiger partial charge in [-0.15, -0.1) is 0 Å². The Balaban J connectivity index is 1.48. The van der Waals surface area contributed by atoms with Gasteiger partial charge in [-0.2, -0.15) is 5.10 Å². The summed E-state index contributed by atoms with van der Waals surface area (Å²) in [7, 11) is 0. The number of likely N-dealkylation sites (tertiary alicyclic amines) is 1. The molecule has 0 saturated carbocycles. The van der Waals surface area contributed by atoms with Crippen LogP contribution < -0.4 is 5.32 Å². The summed E-state index contributed by atoms with van der Waals surface area (Å²) in [6.45, 7) is 5.75. The van der Waals surface area contributed by atoms with E-state index in [1.54, 1.807) is 10.7 Å². The van der Waals surface area contributed by atoms with Crippen LogP contribution in [0.5, 0.6) is 0 Å². The molecule has 0 unspecified atom stereocenters. The number of amides is 1. The first kappa shape index (κ1) is 17.7. The molecule has 0 bridgehead atoms. The lowest BCUT2D eigenvalue weighted by Crippen LogP contribution is -2.38. The molecule has 1 aromatic carbocycles. The number of fused-ring (bicyclic) bond motifs is 1. The average Bonchev–Trinajstić information content (AvgIpc) is 3.15. The van der Waals surface area contributed by atoms with Crippen LogP contribution in [-0.4, -0.2) is 51.6 Å². The molecular formula is C21H25N5O. The van der Waals surface area contributed by atoms with Crippen LogP contribution in [0.25, 0.3) is 16.9 Å². The number of nitrogens with zero attached hydrogens (tertiary/aromatic N) is 4. The highest BCUT2D eigenvalue weighted by Crippen LogP contribution is 2.20. The molecule has 1 aliphatic heterocycles. The second-order valence-corrected chi connectivity index (χ2v) is 7.08. The van der Waals surface area contributed by atoms with Crippen molar-refractivity contribution >= 4 is 11.6 Å². The minimum atomic E-state index is -0.0873. The van der Waals surface area contributed by atoms with Crippen LogP contribution >= 0.6 is 0 Å². The summed E-state index contributed by atoms with van der Waals surface area (Å²) in [5, 5.41) is 7.67. The van der Waals surface area contributed by atoms with E-state index < -0.39 is 0 Å². The molecule has 1 aliphatic rings. The van der Waals surface area contributed by atoms with Gasteiger partial charge in [-0.25, -0.2) is 9.50 Å². The number of hydrogen-bond donors (Lipinski definition) is 1. The van der Waals surface area contributed by atoms with E-state index in [4.69, 9.17) is 0 Å². The Bertz CT molecular complexity index is 928. The van der Waals surface area contributed by atoms with Crippen molar-refractivity contribution in [3.05, 3.63) is 53.9 Å². The molecule has 3 heterocycles. The zero-order chi connectivity index (χ0) is 18.6. The molecule has 1 N–H and O–H groups in total. The lowest BCUT2D eigenvalue weighted by atomic mass is 10.1. The summed E-state index contributed by atoms with van der Waals surface area (Å²) in [5.41, 5.74) is 4.02. The summed E-state index contributed by atoms with van der Waals surface area (Å²) in [4.78, 5) is 19.5. The maximum Gasteiger partial charge on any atom is 0.254 e. The molecule has 1 amide bonds. The topological polar surface area (TPSA) is 62.5 Å². The average molecular weight is 363 g/mol. The van der Waals surface area contributed by atoms with Gasteiger partial charge in [-0.05, 0) is 32.9 Å². The van der Waals surface area contributed by atoms with Gasteiger partial charge >= 0.3 is 0 Å². The van der Waals surface area contributed by atoms with Crippen molar-refractivity contribution in [2.75, 3.05) is 26.2 Å². The van der Waals surface area contributed by atoms with Gasteiger partial charge in [0.1, 0.15) is 0 Å². The standard InChI is InChI=1S/C21H25N5O/c1-16-18(21(27)22-10-13-25-11-6-3-7-12-25)15-23-20-14-19(24-26(16)20)17-8-4-2-5-9-17/h2,4-5,8-9,14-15H,3,6-7,10-13H2,1H3,(H,22,27). The predicted molar refractivity (Wildman–Crippen MR) is 106 cm³/mol. The van der Waals surface area contributed by atoms with E-state index >= 15 is 0 Å². The summed E-state index contributed by atoms with van der Waals surface area (Å²) in [5.74, 6) is -0.0873. The van der Waals surface area contributed by atoms with Crippen LogP contribution in [-0.2, 0) is 0 Å². The number of nitrogens with one attached hydrogen (secondary N) is 1. The molecular weight excluding hydrogens is 338 g/mol. The Hall–Kier alpha value is -2.73. The lowest BCUT2D eigenvalue weighted by molar-refractivity contribution is 0.0945. The Morgan fingerprint density at radius 2 is 1.93 bits per heavy atom. The SMILES string of the molecule is Cc1c(C(=O)NCCN2CCCCC2)cnc2cc(-c3ccccc3)nn12. The van der Waals surface area contributed by atoms with Gasteiger partial charge in [-0.3, -0.25) is 4.79 Å². The molecule has 0 spiro atoms. The smallest absolute Gasteiger partial charge is 0.254 e. The molecule has 0 aliphatic carbocycles. The van der Waals surface area contributed by atoms with Crippen molar-refractivity contribution in [1.29, 1.82) is 0 Å². The van der Waals surface area contributed by atoms with Gasteiger partial charge in [0.25, 0.3) is 5.91 Å². The van der Waals surface area contributed by atoms with Crippen LogP contribution in [0.3, 0.4) is 0 Å². The second kappa shape index (κ2) is 7.88. The highest BCUT2D eigenvalue weighted by molar-refractivity contribution is 5.95. The van der Waals surface area contributed by atoms with Crippen LogP contribution in [0.4, 0.5) is 0 Å². The number of aryl methyl sites for hydroxylation is 1. The summed E-state index contributed by atoms with van der Waals surface area (Å²) >= 11 is 0. The molecule has 27 heavy (non-hydrogen) atoms. The maximum atomic E-state index is 12.6. The molecule has 0 radical (unpaired) electrons. The molecule has 140 valence electrons. The zero-order valence-corrected chi connectivity index (χ0v) is 15.7. The monoisotopic (exact) mass is 363 g/mol. The zero-order valence-electron chi connectivity index (χ0n) is 15.7. The van der Waals surface area contributed by atoms with Crippen LogP contribution in [0.2, 0.25) is 0 Å². The van der Waals surface area contributed by atoms with E-state index in [9.17, 15) is 4.79 Å². The van der Waals surface area contributed by atoms with Gasteiger partial charge in [0, 0.05) is 30.9 Å². The Morgan fingerprint density at radius 1 is 1.15 bits per heavy atom. The van der Waals surface area contributed by atoms with E-state index in [0.29, 0.717) is 12.1 Å². The maximum absolute atomic E-state index is 12.6. The fourth-order valence-electron chi connectivity index (χ4n) is 3.63. The quantitative estimate of drug-likeness (QED) is 0.757. The number of aromatic nitrogens is 3. The van der Waals surface area contributed by atoms with Crippen molar-refractivity contribution in [2.24, 2.45) is 0 Å². The van der Waals surface area contributed by atoms with Crippen molar-refractivity contribution in [3.63, 3.8) is 0 Å². The van der Waals surface area contributed by atoms with E-state index in [0.717, 1.165) is 42.2 Å². The van der Waals surface area contributed by atoms with E-state index in [-0.39, 0.29) is 5.91 Å². The highest BCUT2D eigenvalue weighted by Gasteiger charge is 2.16. The molecule has 1 saturated heterocycles. The van der Waals surface area contributed by atoms with Crippen LogP contribution in [0.15, 0.2) is 42.6 Å². The molecule has 6 nitrogen and oxygen atoms in total. The van der Waals surface area contributed by atoms with Gasteiger partial charge in [0.15, 0.2) is 5.65 Å². The number of carbonyl (C=O) groups is 1. The lowest BCUT2D eigenvalue weighted by Gasteiger charge is -2.26. The summed E-state index contributed by atoms with van der Waals surface area (Å²) < 4.78 is 1.75. The Labute approximate surface area is 159 Å². The summed E-state index contributed by atoms with van der Waals surface area (Å²) in [6, 6.07) is 11.9. The molecule has 1 fully saturated rings. The van der Waals surface area contributed by atoms with Gasteiger partial charge < -0.3 is 10.2 Å². The molecule has 2 aromatic heterocycles. The van der Waals surface area contributed by atoms with E-state index in [2.05, 4.69) is 20.3 Å². The molecule has 4 rings (SSSR count). The molecule has 6 heteroatoms. The van der Waals surface area contributed by atoms with Crippen LogP contribution in [0.1, 0.15) is 35.3 Å². The third-order valence-corrected chi connectivity index (χ3v) is 5.20. The minimum Gasteiger partial charge on any atom is -0.351 e. The first-order chi connectivity index (χ1) is 13.2. The fraction of sp³-hybridized carbons (Fsp3) is 0.381. The first-order valence-corrected chi connectivity index (χ1v) is 9.64. The number of piperidine rings is 1. The van der Waals surface area contributed by atoms with Crippen molar-refractivity contribution in [3.8, 4) is 11.3 Å². The first-order valence-electron chi connectivity index (χ1n) is 9.64. The Kier molecular flexibility index (Phi) is 5.16.